The average Bonchev–Trinajstić information content (AvgIpc) is 3.07. The maximum absolute atomic E-state index is 6.05. The molecule has 1 saturated heterocycles. The minimum Gasteiger partial charge on any atom is -0.459 e. The number of aryl methyl sites for hydroxylation is 1. The van der Waals surface area contributed by atoms with Gasteiger partial charge in [0.15, 0.2) is 6.29 Å². The lowest BCUT2D eigenvalue weighted by molar-refractivity contribution is -0.0540. The van der Waals surface area contributed by atoms with Crippen LogP contribution < -0.4 is 5.32 Å². The number of hydrogen-bond donors (Lipinski definition) is 1. The zero-order chi connectivity index (χ0) is 13.9. The predicted molar refractivity (Wildman–Crippen MR) is 77.7 cm³/mol. The molecular weight excluding hydrogens is 254 g/mol. The largest absolute Gasteiger partial charge is 0.459 e. The summed E-state index contributed by atoms with van der Waals surface area (Å²) in [4.78, 5) is 0. The second-order valence-electron chi connectivity index (χ2n) is 5.16. The SMILES string of the molecule is CCNC(CC1OCCO1)c1cc2cccc(C)c2o1. The standard InChI is InChI=1S/C16H21NO3/c1-3-17-13(10-15-18-7-8-19-15)14-9-12-6-4-5-11(2)16(12)20-14/h4-6,9,13,15,17H,3,7-8,10H2,1-2H3. The molecule has 1 atom stereocenters. The molecule has 4 nitrogen and oxygen atoms in total. The Hall–Kier alpha value is -1.36. The fraction of sp³-hybridized carbons (Fsp3) is 0.500. The Balaban J connectivity index is 1.86. The first-order chi connectivity index (χ1) is 9.78. The molecule has 0 amide bonds. The summed E-state index contributed by atoms with van der Waals surface area (Å²) in [5.74, 6) is 0.954. The molecule has 2 heterocycles. The molecule has 20 heavy (non-hydrogen) atoms. The molecule has 0 bridgehead atoms. The monoisotopic (exact) mass is 275 g/mol. The second-order valence-corrected chi connectivity index (χ2v) is 5.16. The van der Waals surface area contributed by atoms with E-state index in [0.717, 1.165) is 35.3 Å². The zero-order valence-corrected chi connectivity index (χ0v) is 12.0. The van der Waals surface area contributed by atoms with Crippen LogP contribution in [0.15, 0.2) is 28.7 Å². The van der Waals surface area contributed by atoms with Crippen LogP contribution in [0.4, 0.5) is 0 Å². The van der Waals surface area contributed by atoms with Crippen molar-refractivity contribution in [1.82, 2.24) is 5.32 Å². The lowest BCUT2D eigenvalue weighted by Gasteiger charge is -2.18. The van der Waals surface area contributed by atoms with Gasteiger partial charge in [0.05, 0.1) is 19.3 Å². The zero-order valence-electron chi connectivity index (χ0n) is 12.0. The van der Waals surface area contributed by atoms with Crippen molar-refractivity contribution in [2.75, 3.05) is 19.8 Å². The molecule has 3 rings (SSSR count). The predicted octanol–water partition coefficient (Wildman–Crippen LogP) is 3.15. The van der Waals surface area contributed by atoms with Crippen LogP contribution in [0.5, 0.6) is 0 Å². The summed E-state index contributed by atoms with van der Waals surface area (Å²) in [6, 6.07) is 8.45. The lowest BCUT2D eigenvalue weighted by atomic mass is 10.1. The van der Waals surface area contributed by atoms with Crippen molar-refractivity contribution in [2.24, 2.45) is 0 Å². The quantitative estimate of drug-likeness (QED) is 0.910. The van der Waals surface area contributed by atoms with Crippen molar-refractivity contribution in [3.05, 3.63) is 35.6 Å². The molecule has 0 aliphatic carbocycles. The van der Waals surface area contributed by atoms with Crippen molar-refractivity contribution >= 4 is 11.0 Å². The lowest BCUT2D eigenvalue weighted by Crippen LogP contribution is -2.25. The molecule has 0 radical (unpaired) electrons. The molecule has 1 aromatic heterocycles. The molecule has 108 valence electrons. The Morgan fingerprint density at radius 1 is 1.30 bits per heavy atom. The van der Waals surface area contributed by atoms with E-state index in [9.17, 15) is 0 Å². The minimum atomic E-state index is -0.131. The first kappa shape index (κ1) is 13.6. The number of fused-ring (bicyclic) bond motifs is 1. The van der Waals surface area contributed by atoms with E-state index in [4.69, 9.17) is 13.9 Å². The highest BCUT2D eigenvalue weighted by molar-refractivity contribution is 5.80. The van der Waals surface area contributed by atoms with E-state index < -0.39 is 0 Å². The van der Waals surface area contributed by atoms with Crippen LogP contribution in [0.3, 0.4) is 0 Å². The molecule has 1 aromatic carbocycles. The van der Waals surface area contributed by atoms with Gasteiger partial charge in [0, 0.05) is 11.8 Å². The molecule has 1 unspecified atom stereocenters. The number of para-hydroxylation sites is 1. The normalized spacial score (nSPS) is 17.9. The van der Waals surface area contributed by atoms with Crippen LogP contribution in [0.1, 0.15) is 30.7 Å². The van der Waals surface area contributed by atoms with Gasteiger partial charge in [0.1, 0.15) is 11.3 Å². The smallest absolute Gasteiger partial charge is 0.159 e. The number of furan rings is 1. The van der Waals surface area contributed by atoms with Crippen LogP contribution in [-0.2, 0) is 9.47 Å². The van der Waals surface area contributed by atoms with Gasteiger partial charge in [-0.1, -0.05) is 25.1 Å². The maximum Gasteiger partial charge on any atom is 0.159 e. The van der Waals surface area contributed by atoms with Crippen molar-refractivity contribution in [2.45, 2.75) is 32.6 Å². The first-order valence-corrected chi connectivity index (χ1v) is 7.23. The van der Waals surface area contributed by atoms with Gasteiger partial charge < -0.3 is 19.2 Å². The molecule has 1 aliphatic rings. The summed E-state index contributed by atoms with van der Waals surface area (Å²) >= 11 is 0. The van der Waals surface area contributed by atoms with Crippen molar-refractivity contribution < 1.29 is 13.9 Å². The highest BCUT2D eigenvalue weighted by Gasteiger charge is 2.24. The van der Waals surface area contributed by atoms with Gasteiger partial charge in [-0.05, 0) is 25.1 Å². The van der Waals surface area contributed by atoms with Crippen molar-refractivity contribution in [3.8, 4) is 0 Å². The van der Waals surface area contributed by atoms with Crippen LogP contribution in [0.2, 0.25) is 0 Å². The Morgan fingerprint density at radius 3 is 2.80 bits per heavy atom. The van der Waals surface area contributed by atoms with Crippen LogP contribution in [0, 0.1) is 6.92 Å². The van der Waals surface area contributed by atoms with E-state index in [1.807, 2.05) is 0 Å². The van der Waals surface area contributed by atoms with Crippen LogP contribution in [-0.4, -0.2) is 26.0 Å². The topological polar surface area (TPSA) is 43.6 Å². The average molecular weight is 275 g/mol. The van der Waals surface area contributed by atoms with Gasteiger partial charge in [0.25, 0.3) is 0 Å². The summed E-state index contributed by atoms with van der Waals surface area (Å²) in [6.07, 6.45) is 0.639. The summed E-state index contributed by atoms with van der Waals surface area (Å²) in [5, 5.41) is 4.60. The highest BCUT2D eigenvalue weighted by Crippen LogP contribution is 2.29. The Labute approximate surface area is 119 Å². The van der Waals surface area contributed by atoms with Crippen molar-refractivity contribution in [1.29, 1.82) is 0 Å². The number of ether oxygens (including phenoxy) is 2. The van der Waals surface area contributed by atoms with Crippen LogP contribution >= 0.6 is 0 Å². The van der Waals surface area contributed by atoms with E-state index >= 15 is 0 Å². The van der Waals surface area contributed by atoms with E-state index in [2.05, 4.69) is 43.4 Å². The van der Waals surface area contributed by atoms with Gasteiger partial charge in [0.2, 0.25) is 0 Å². The van der Waals surface area contributed by atoms with E-state index in [1.54, 1.807) is 0 Å². The summed E-state index contributed by atoms with van der Waals surface area (Å²) in [5.41, 5.74) is 2.14. The molecule has 1 aliphatic heterocycles. The highest BCUT2D eigenvalue weighted by atomic mass is 16.7. The number of nitrogens with one attached hydrogen (secondary N) is 1. The Morgan fingerprint density at radius 2 is 2.10 bits per heavy atom. The Kier molecular flexibility index (Phi) is 4.05. The minimum absolute atomic E-state index is 0.120. The number of benzene rings is 1. The molecule has 0 spiro atoms. The van der Waals surface area contributed by atoms with E-state index in [-0.39, 0.29) is 12.3 Å². The maximum atomic E-state index is 6.05. The summed E-state index contributed by atoms with van der Waals surface area (Å²) in [6.45, 7) is 6.41. The van der Waals surface area contributed by atoms with E-state index in [0.29, 0.717) is 13.2 Å². The first-order valence-electron chi connectivity index (χ1n) is 7.23. The molecule has 1 fully saturated rings. The van der Waals surface area contributed by atoms with Gasteiger partial charge in [-0.25, -0.2) is 0 Å². The molecular formula is C16H21NO3. The molecule has 2 aromatic rings. The molecule has 1 N–H and O–H groups in total. The van der Waals surface area contributed by atoms with Gasteiger partial charge >= 0.3 is 0 Å². The summed E-state index contributed by atoms with van der Waals surface area (Å²) in [7, 11) is 0. The number of hydrogen-bond acceptors (Lipinski definition) is 4. The van der Waals surface area contributed by atoms with Crippen molar-refractivity contribution in [3.63, 3.8) is 0 Å². The number of rotatable bonds is 5. The fourth-order valence-electron chi connectivity index (χ4n) is 2.68. The van der Waals surface area contributed by atoms with E-state index in [1.165, 1.54) is 0 Å². The van der Waals surface area contributed by atoms with Gasteiger partial charge in [-0.2, -0.15) is 0 Å². The fourth-order valence-corrected chi connectivity index (χ4v) is 2.68. The summed E-state index contributed by atoms with van der Waals surface area (Å²) < 4.78 is 17.1. The molecule has 0 saturated carbocycles. The second kappa shape index (κ2) is 5.95. The molecule has 4 heteroatoms. The third-order valence-electron chi connectivity index (χ3n) is 3.67. The van der Waals surface area contributed by atoms with Crippen LogP contribution in [0.25, 0.3) is 11.0 Å². The van der Waals surface area contributed by atoms with Gasteiger partial charge in [-0.3, -0.25) is 0 Å². The van der Waals surface area contributed by atoms with Gasteiger partial charge in [-0.15, -0.1) is 0 Å². The Bertz CT molecular complexity index is 572. The third-order valence-corrected chi connectivity index (χ3v) is 3.67. The third kappa shape index (κ3) is 2.73.